The van der Waals surface area contributed by atoms with Crippen LogP contribution in [0.1, 0.15) is 61.1 Å². The highest BCUT2D eigenvalue weighted by Gasteiger charge is 2.74. The second kappa shape index (κ2) is 7.68. The number of nitrogens with zero attached hydrogens (tertiary/aromatic N) is 2. The predicted octanol–water partition coefficient (Wildman–Crippen LogP) is 2.41. The van der Waals surface area contributed by atoms with Gasteiger partial charge in [-0.15, -0.1) is 0 Å². The van der Waals surface area contributed by atoms with E-state index < -0.39 is 22.7 Å². The lowest BCUT2D eigenvalue weighted by Crippen LogP contribution is -2.78. The lowest BCUT2D eigenvalue weighted by atomic mass is 9.48. The van der Waals surface area contributed by atoms with Crippen LogP contribution in [0.3, 0.4) is 0 Å². The Kier molecular flexibility index (Phi) is 4.73. The number of phenolic OH excluding ortho intramolecular Hbond substituents is 2. The molecule has 206 valence electrons. The quantitative estimate of drug-likeness (QED) is 0.468. The molecule has 6 aliphatic rings. The molecule has 1 spiro atoms. The first-order chi connectivity index (χ1) is 18.7. The number of β-amino-alcohol motifs (C(OH)–C–C–N with tert-alkyl or cyclic N) is 1. The maximum absolute atomic E-state index is 13.8. The van der Waals surface area contributed by atoms with Gasteiger partial charge in [-0.1, -0.05) is 18.2 Å². The Bertz CT molecular complexity index is 1370. The van der Waals surface area contributed by atoms with Crippen molar-refractivity contribution in [2.75, 3.05) is 20.1 Å². The Morgan fingerprint density at radius 2 is 1.85 bits per heavy atom. The van der Waals surface area contributed by atoms with Crippen molar-refractivity contribution in [2.45, 2.75) is 85.7 Å². The summed E-state index contributed by atoms with van der Waals surface area (Å²) < 4.78 is 6.63. The number of ether oxygens (including phenoxy) is 1. The van der Waals surface area contributed by atoms with Crippen molar-refractivity contribution in [2.24, 2.45) is 5.92 Å². The van der Waals surface area contributed by atoms with E-state index in [9.17, 15) is 25.2 Å². The molecule has 2 bridgehead atoms. The lowest BCUT2D eigenvalue weighted by Gasteiger charge is -2.64. The molecule has 3 saturated carbocycles. The van der Waals surface area contributed by atoms with Gasteiger partial charge in [0.05, 0.1) is 22.7 Å². The molecule has 1 amide bonds. The minimum atomic E-state index is -1.07. The van der Waals surface area contributed by atoms with E-state index in [1.54, 1.807) is 18.2 Å². The number of piperidine rings is 1. The summed E-state index contributed by atoms with van der Waals surface area (Å²) in [5.74, 6) is 0.916. The Labute approximate surface area is 227 Å². The van der Waals surface area contributed by atoms with Crippen molar-refractivity contribution in [3.63, 3.8) is 0 Å². The van der Waals surface area contributed by atoms with E-state index in [0.29, 0.717) is 38.0 Å². The topological polar surface area (TPSA) is 114 Å². The molecule has 8 heteroatoms. The molecule has 1 saturated heterocycles. The monoisotopic (exact) mass is 532 g/mol. The highest BCUT2D eigenvalue weighted by Crippen LogP contribution is 2.66. The largest absolute Gasteiger partial charge is 0.508 e. The van der Waals surface area contributed by atoms with Crippen LogP contribution in [0.25, 0.3) is 0 Å². The van der Waals surface area contributed by atoms with Crippen molar-refractivity contribution in [1.29, 1.82) is 0 Å². The van der Waals surface area contributed by atoms with E-state index in [2.05, 4.69) is 4.90 Å². The van der Waals surface area contributed by atoms with E-state index in [1.165, 1.54) is 0 Å². The number of hydrogen-bond acceptors (Lipinski definition) is 7. The maximum Gasteiger partial charge on any atom is 0.226 e. The van der Waals surface area contributed by atoms with Crippen LogP contribution >= 0.6 is 0 Å². The second-order valence-corrected chi connectivity index (χ2v) is 13.1. The van der Waals surface area contributed by atoms with Gasteiger partial charge in [-0.2, -0.15) is 0 Å². The summed E-state index contributed by atoms with van der Waals surface area (Å²) in [7, 11) is 1.87. The summed E-state index contributed by atoms with van der Waals surface area (Å²) in [6.45, 7) is 1.31. The van der Waals surface area contributed by atoms with Crippen LogP contribution in [0.4, 0.5) is 0 Å². The first-order valence-corrected chi connectivity index (χ1v) is 14.4. The standard InChI is InChI=1S/C31H36N2O6/c1-32(28(36)21-15-20(21)17-2-5-19(34)6-3-17)22-8-9-31(38)24-14-18-4-7-23(35)26-25(18)30(31,27(22)39-26)12-13-33(24)16-29(37)10-11-29/h2-7,20-22,24,27,34-35,37-38H,8-16H2,1H3/t20?,21?,22-,24?,27-,30-,31+/m0/s1. The van der Waals surface area contributed by atoms with Gasteiger partial charge < -0.3 is 30.1 Å². The summed E-state index contributed by atoms with van der Waals surface area (Å²) in [4.78, 5) is 17.9. The number of amides is 1. The molecule has 39 heavy (non-hydrogen) atoms. The second-order valence-electron chi connectivity index (χ2n) is 13.1. The number of carbonyl (C=O) groups is 1. The number of aliphatic hydroxyl groups is 2. The van der Waals surface area contributed by atoms with Gasteiger partial charge in [-0.25, -0.2) is 0 Å². The summed E-state index contributed by atoms with van der Waals surface area (Å²) in [6.07, 6.45) is 4.41. The van der Waals surface area contributed by atoms with E-state index in [0.717, 1.165) is 42.5 Å². The number of benzene rings is 2. The van der Waals surface area contributed by atoms with Gasteiger partial charge in [0.15, 0.2) is 11.5 Å². The van der Waals surface area contributed by atoms with Crippen molar-refractivity contribution in [1.82, 2.24) is 9.80 Å². The minimum absolute atomic E-state index is 0.0877. The van der Waals surface area contributed by atoms with Crippen molar-refractivity contribution < 1.29 is 30.0 Å². The number of phenols is 2. The van der Waals surface area contributed by atoms with Gasteiger partial charge in [0, 0.05) is 31.1 Å². The van der Waals surface area contributed by atoms with E-state index in [4.69, 9.17) is 4.74 Å². The van der Waals surface area contributed by atoms with Crippen LogP contribution in [-0.4, -0.2) is 85.7 Å². The van der Waals surface area contributed by atoms with Gasteiger partial charge in [0.2, 0.25) is 5.91 Å². The highest BCUT2D eigenvalue weighted by molar-refractivity contribution is 5.83. The fraction of sp³-hybridized carbons (Fsp3) is 0.581. The Balaban J connectivity index is 1.13. The van der Waals surface area contributed by atoms with Gasteiger partial charge in [0.25, 0.3) is 0 Å². The molecule has 0 radical (unpaired) electrons. The number of hydrogen-bond donors (Lipinski definition) is 4. The Morgan fingerprint density at radius 1 is 1.08 bits per heavy atom. The van der Waals surface area contributed by atoms with Crippen molar-refractivity contribution >= 4 is 5.91 Å². The van der Waals surface area contributed by atoms with Crippen molar-refractivity contribution in [3.05, 3.63) is 53.1 Å². The molecular formula is C31H36N2O6. The Hall–Kier alpha value is -2.81. The first kappa shape index (κ1) is 24.0. The molecule has 4 N–H and O–H groups in total. The SMILES string of the molecule is CN(C(=O)C1CC1c1ccc(O)cc1)[C@H]1CC[C@@]2(O)C3Cc4ccc(O)c5c4[C@@]2(CCN3CC2(O)CC2)[C@H]1O5. The van der Waals surface area contributed by atoms with Gasteiger partial charge in [0.1, 0.15) is 11.9 Å². The summed E-state index contributed by atoms with van der Waals surface area (Å²) in [5.41, 5.74) is 0.678. The average Bonchev–Trinajstić information content (AvgIpc) is 3.82. The average molecular weight is 533 g/mol. The molecule has 2 aromatic carbocycles. The summed E-state index contributed by atoms with van der Waals surface area (Å²) >= 11 is 0. The fourth-order valence-corrected chi connectivity index (χ4v) is 8.85. The van der Waals surface area contributed by atoms with Crippen LogP contribution in [0.5, 0.6) is 17.2 Å². The lowest BCUT2D eigenvalue weighted by molar-refractivity contribution is -0.203. The third kappa shape index (κ3) is 3.14. The number of rotatable bonds is 5. The summed E-state index contributed by atoms with van der Waals surface area (Å²) in [5, 5.41) is 43.9. The zero-order chi connectivity index (χ0) is 26.9. The third-order valence-corrected chi connectivity index (χ3v) is 11.1. The molecular weight excluding hydrogens is 496 g/mol. The van der Waals surface area contributed by atoms with E-state index in [1.807, 2.05) is 30.1 Å². The molecule has 0 aromatic heterocycles. The smallest absolute Gasteiger partial charge is 0.226 e. The van der Waals surface area contributed by atoms with Gasteiger partial charge in [-0.3, -0.25) is 9.69 Å². The molecule has 3 unspecified atom stereocenters. The maximum atomic E-state index is 13.8. The van der Waals surface area contributed by atoms with Gasteiger partial charge in [-0.05, 0) is 86.7 Å². The van der Waals surface area contributed by atoms with E-state index >= 15 is 0 Å². The summed E-state index contributed by atoms with van der Waals surface area (Å²) in [6, 6.07) is 10.4. The van der Waals surface area contributed by atoms with Crippen LogP contribution in [0.2, 0.25) is 0 Å². The molecule has 2 heterocycles. The number of likely N-dealkylation sites (N-methyl/N-ethyl adjacent to an activating group) is 1. The molecule has 8 rings (SSSR count). The normalized spacial score (nSPS) is 38.5. The van der Waals surface area contributed by atoms with Crippen LogP contribution in [0, 0.1) is 5.92 Å². The number of aromatic hydroxyl groups is 2. The first-order valence-electron chi connectivity index (χ1n) is 14.4. The highest BCUT2D eigenvalue weighted by atomic mass is 16.5. The van der Waals surface area contributed by atoms with Crippen molar-refractivity contribution in [3.8, 4) is 17.2 Å². The molecule has 2 aromatic rings. The molecule has 4 fully saturated rings. The molecule has 8 nitrogen and oxygen atoms in total. The van der Waals surface area contributed by atoms with E-state index in [-0.39, 0.29) is 41.3 Å². The molecule has 7 atom stereocenters. The van der Waals surface area contributed by atoms with Crippen LogP contribution in [0.15, 0.2) is 36.4 Å². The molecule has 4 aliphatic carbocycles. The third-order valence-electron chi connectivity index (χ3n) is 11.1. The number of carbonyl (C=O) groups excluding carboxylic acids is 1. The zero-order valence-corrected chi connectivity index (χ0v) is 22.2. The number of likely N-dealkylation sites (tertiary alicyclic amines) is 1. The molecule has 2 aliphatic heterocycles. The predicted molar refractivity (Wildman–Crippen MR) is 142 cm³/mol. The van der Waals surface area contributed by atoms with Gasteiger partial charge >= 0.3 is 0 Å². The van der Waals surface area contributed by atoms with Crippen LogP contribution in [-0.2, 0) is 16.6 Å². The zero-order valence-electron chi connectivity index (χ0n) is 22.2. The minimum Gasteiger partial charge on any atom is -0.508 e. The Morgan fingerprint density at radius 3 is 2.59 bits per heavy atom. The fourth-order valence-electron chi connectivity index (χ4n) is 8.85. The van der Waals surface area contributed by atoms with Crippen LogP contribution < -0.4 is 4.74 Å².